The summed E-state index contributed by atoms with van der Waals surface area (Å²) in [7, 11) is 0. The molecule has 0 N–H and O–H groups in total. The van der Waals surface area contributed by atoms with Crippen LogP contribution in [0.4, 0.5) is 13.2 Å². The molecule has 0 unspecified atom stereocenters. The lowest BCUT2D eigenvalue weighted by atomic mass is 10.1. The number of hydrogen-bond donors (Lipinski definition) is 0. The minimum Gasteiger partial charge on any atom is -0.482 e. The minimum atomic E-state index is -4.39. The molecule has 80 valence electrons. The molecule has 0 aliphatic carbocycles. The van der Waals surface area contributed by atoms with Gasteiger partial charge in [-0.2, -0.15) is 18.4 Å². The number of hydrogen-bond acceptors (Lipinski definition) is 2. The van der Waals surface area contributed by atoms with E-state index in [4.69, 9.17) is 5.26 Å². The van der Waals surface area contributed by atoms with Crippen LogP contribution in [-0.2, 0) is 0 Å². The second-order valence-corrected chi connectivity index (χ2v) is 2.97. The van der Waals surface area contributed by atoms with E-state index >= 15 is 0 Å². The van der Waals surface area contributed by atoms with Gasteiger partial charge in [-0.25, -0.2) is 0 Å². The van der Waals surface area contributed by atoms with Crippen LogP contribution in [0.3, 0.4) is 0 Å². The third-order valence-corrected chi connectivity index (χ3v) is 1.71. The number of para-hydroxylation sites is 1. The van der Waals surface area contributed by atoms with Crippen molar-refractivity contribution in [2.24, 2.45) is 0 Å². The molecule has 5 heteroatoms. The normalized spacial score (nSPS) is 10.9. The second kappa shape index (κ2) is 4.22. The molecule has 0 saturated heterocycles. The fourth-order valence-corrected chi connectivity index (χ4v) is 1.09. The molecule has 0 heterocycles. The van der Waals surface area contributed by atoms with E-state index in [1.54, 1.807) is 25.1 Å². The van der Waals surface area contributed by atoms with Crippen LogP contribution in [0.5, 0.6) is 5.75 Å². The Balaban J connectivity index is 2.90. The molecular formula is C10H8F3NO. The summed E-state index contributed by atoms with van der Waals surface area (Å²) >= 11 is 0. The highest BCUT2D eigenvalue weighted by molar-refractivity contribution is 5.47. The average molecular weight is 215 g/mol. The van der Waals surface area contributed by atoms with Gasteiger partial charge in [-0.05, 0) is 18.6 Å². The Kier molecular flexibility index (Phi) is 3.20. The van der Waals surface area contributed by atoms with Crippen LogP contribution in [0, 0.1) is 18.3 Å². The molecule has 15 heavy (non-hydrogen) atoms. The van der Waals surface area contributed by atoms with E-state index in [1.165, 1.54) is 6.07 Å². The largest absolute Gasteiger partial charge is 0.482 e. The molecule has 0 aliphatic heterocycles. The summed E-state index contributed by atoms with van der Waals surface area (Å²) in [6.45, 7) is 0.207. The summed E-state index contributed by atoms with van der Waals surface area (Å²) in [4.78, 5) is 0. The zero-order valence-corrected chi connectivity index (χ0v) is 7.93. The summed E-state index contributed by atoms with van der Waals surface area (Å²) < 4.78 is 40.3. The van der Waals surface area contributed by atoms with Crippen molar-refractivity contribution in [3.8, 4) is 11.8 Å². The van der Waals surface area contributed by atoms with Gasteiger partial charge in [0.15, 0.2) is 6.61 Å². The highest BCUT2D eigenvalue weighted by Crippen LogP contribution is 2.25. The SMILES string of the molecule is Cc1cccc(C#N)c1OCC(F)(F)F. The van der Waals surface area contributed by atoms with Gasteiger partial charge in [0.2, 0.25) is 0 Å². The molecule has 0 aromatic heterocycles. The molecule has 1 aromatic carbocycles. The quantitative estimate of drug-likeness (QED) is 0.759. The predicted molar refractivity (Wildman–Crippen MR) is 47.4 cm³/mol. The maximum absolute atomic E-state index is 11.9. The molecule has 0 atom stereocenters. The lowest BCUT2D eigenvalue weighted by molar-refractivity contribution is -0.153. The van der Waals surface area contributed by atoms with Crippen molar-refractivity contribution in [3.63, 3.8) is 0 Å². The maximum atomic E-state index is 11.9. The first-order chi connectivity index (χ1) is 6.94. The molecule has 0 aliphatic rings. The molecule has 1 aromatic rings. The van der Waals surface area contributed by atoms with Gasteiger partial charge in [0.05, 0.1) is 5.56 Å². The first kappa shape index (κ1) is 11.4. The number of nitriles is 1. The molecule has 0 spiro atoms. The number of halogens is 3. The Morgan fingerprint density at radius 2 is 2.07 bits per heavy atom. The third-order valence-electron chi connectivity index (χ3n) is 1.71. The maximum Gasteiger partial charge on any atom is 0.422 e. The van der Waals surface area contributed by atoms with Crippen molar-refractivity contribution in [2.45, 2.75) is 13.1 Å². The number of rotatable bonds is 2. The lowest BCUT2D eigenvalue weighted by Crippen LogP contribution is -2.20. The molecule has 0 amide bonds. The van der Waals surface area contributed by atoms with E-state index in [-0.39, 0.29) is 11.3 Å². The molecule has 2 nitrogen and oxygen atoms in total. The van der Waals surface area contributed by atoms with E-state index in [9.17, 15) is 13.2 Å². The summed E-state index contributed by atoms with van der Waals surface area (Å²) in [5.74, 6) is -0.00248. The standard InChI is InChI=1S/C10H8F3NO/c1-7-3-2-4-8(5-14)9(7)15-6-10(11,12)13/h2-4H,6H2,1H3. The first-order valence-corrected chi connectivity index (χ1v) is 4.13. The van der Waals surface area contributed by atoms with Crippen molar-refractivity contribution >= 4 is 0 Å². The topological polar surface area (TPSA) is 33.0 Å². The van der Waals surface area contributed by atoms with Gasteiger partial charge in [-0.3, -0.25) is 0 Å². The van der Waals surface area contributed by atoms with Crippen molar-refractivity contribution < 1.29 is 17.9 Å². The van der Waals surface area contributed by atoms with E-state index in [2.05, 4.69) is 4.74 Å². The Morgan fingerprint density at radius 1 is 1.40 bits per heavy atom. The Morgan fingerprint density at radius 3 is 2.60 bits per heavy atom. The average Bonchev–Trinajstić information content (AvgIpc) is 2.14. The van der Waals surface area contributed by atoms with Crippen LogP contribution in [0.15, 0.2) is 18.2 Å². The van der Waals surface area contributed by atoms with Crippen molar-refractivity contribution in [1.29, 1.82) is 5.26 Å². The highest BCUT2D eigenvalue weighted by Gasteiger charge is 2.29. The van der Waals surface area contributed by atoms with Crippen molar-refractivity contribution in [3.05, 3.63) is 29.3 Å². The van der Waals surface area contributed by atoms with Crippen LogP contribution in [-0.4, -0.2) is 12.8 Å². The molecular weight excluding hydrogens is 207 g/mol. The van der Waals surface area contributed by atoms with E-state index in [0.29, 0.717) is 5.56 Å². The Bertz CT molecular complexity index is 393. The highest BCUT2D eigenvalue weighted by atomic mass is 19.4. The molecule has 0 saturated carbocycles. The summed E-state index contributed by atoms with van der Waals surface area (Å²) in [5, 5.41) is 8.66. The van der Waals surface area contributed by atoms with Crippen LogP contribution in [0.1, 0.15) is 11.1 Å². The van der Waals surface area contributed by atoms with Crippen LogP contribution in [0.2, 0.25) is 0 Å². The van der Waals surface area contributed by atoms with Gasteiger partial charge >= 0.3 is 6.18 Å². The second-order valence-electron chi connectivity index (χ2n) is 2.97. The Hall–Kier alpha value is -1.70. The summed E-state index contributed by atoms with van der Waals surface area (Å²) in [6.07, 6.45) is -4.39. The minimum absolute atomic E-state index is 0.00248. The van der Waals surface area contributed by atoms with Gasteiger partial charge in [0, 0.05) is 0 Å². The number of alkyl halides is 3. The zero-order valence-electron chi connectivity index (χ0n) is 7.93. The molecule has 0 radical (unpaired) electrons. The third kappa shape index (κ3) is 3.17. The molecule has 0 fully saturated rings. The zero-order chi connectivity index (χ0) is 11.5. The molecule has 1 rings (SSSR count). The van der Waals surface area contributed by atoms with Gasteiger partial charge in [-0.15, -0.1) is 0 Å². The van der Waals surface area contributed by atoms with E-state index in [0.717, 1.165) is 0 Å². The predicted octanol–water partition coefficient (Wildman–Crippen LogP) is 2.81. The van der Waals surface area contributed by atoms with Gasteiger partial charge in [0.1, 0.15) is 11.8 Å². The van der Waals surface area contributed by atoms with Crippen molar-refractivity contribution in [2.75, 3.05) is 6.61 Å². The van der Waals surface area contributed by atoms with Gasteiger partial charge in [0.25, 0.3) is 0 Å². The smallest absolute Gasteiger partial charge is 0.422 e. The Labute approximate surface area is 84.9 Å². The van der Waals surface area contributed by atoms with Crippen LogP contribution in [0.25, 0.3) is 0 Å². The lowest BCUT2D eigenvalue weighted by Gasteiger charge is -2.12. The number of nitrogens with zero attached hydrogens (tertiary/aromatic N) is 1. The molecule has 0 bridgehead atoms. The van der Waals surface area contributed by atoms with Crippen LogP contribution >= 0.6 is 0 Å². The first-order valence-electron chi connectivity index (χ1n) is 4.13. The fraction of sp³-hybridized carbons (Fsp3) is 0.300. The number of benzene rings is 1. The summed E-state index contributed by atoms with van der Waals surface area (Å²) in [6, 6.07) is 6.38. The van der Waals surface area contributed by atoms with E-state index < -0.39 is 12.8 Å². The van der Waals surface area contributed by atoms with Gasteiger partial charge in [-0.1, -0.05) is 12.1 Å². The van der Waals surface area contributed by atoms with Crippen molar-refractivity contribution in [1.82, 2.24) is 0 Å². The monoisotopic (exact) mass is 215 g/mol. The van der Waals surface area contributed by atoms with E-state index in [1.807, 2.05) is 0 Å². The summed E-state index contributed by atoms with van der Waals surface area (Å²) in [5.41, 5.74) is 0.623. The number of aryl methyl sites for hydroxylation is 1. The van der Waals surface area contributed by atoms with Crippen LogP contribution < -0.4 is 4.74 Å². The number of ether oxygens (including phenoxy) is 1. The van der Waals surface area contributed by atoms with Gasteiger partial charge < -0.3 is 4.74 Å². The fourth-order valence-electron chi connectivity index (χ4n) is 1.09.